The maximum atomic E-state index is 13.3. The third kappa shape index (κ3) is 4.45. The summed E-state index contributed by atoms with van der Waals surface area (Å²) in [5.41, 5.74) is 0.592. The fraction of sp³-hybridized carbons (Fsp3) is 0.381. The third-order valence-electron chi connectivity index (χ3n) is 5.83. The normalized spacial score (nSPS) is 17.5. The lowest BCUT2D eigenvalue weighted by molar-refractivity contribution is -0.135. The standard InChI is InChI=1S/C21H24N10O2/c32-19(29-9-11-30(12-10-29)20-23-7-2-8-24-20)16-4-5-17-27-28-18(31(16)17)14-25-21(33)26-15-3-1-6-22-13-15/h1-3,6-8,13,16H,4-5,9-12,14H2,(H2,25,26,33). The van der Waals surface area contributed by atoms with Crippen LogP contribution in [0.3, 0.4) is 0 Å². The van der Waals surface area contributed by atoms with Gasteiger partial charge in [0.25, 0.3) is 0 Å². The molecular formula is C21H24N10O2. The van der Waals surface area contributed by atoms with Crippen LogP contribution in [0.1, 0.15) is 24.1 Å². The van der Waals surface area contributed by atoms with Crippen molar-refractivity contribution in [1.29, 1.82) is 0 Å². The van der Waals surface area contributed by atoms with Gasteiger partial charge in [-0.25, -0.2) is 14.8 Å². The molecule has 3 aromatic heterocycles. The molecule has 3 aromatic rings. The number of aromatic nitrogens is 6. The smallest absolute Gasteiger partial charge is 0.319 e. The Kier molecular flexibility index (Phi) is 5.79. The van der Waals surface area contributed by atoms with Gasteiger partial charge in [0.2, 0.25) is 11.9 Å². The molecule has 2 N–H and O–H groups in total. The number of amides is 3. The van der Waals surface area contributed by atoms with Gasteiger partial charge in [-0.2, -0.15) is 0 Å². The maximum absolute atomic E-state index is 13.3. The molecule has 0 aliphatic carbocycles. The molecule has 33 heavy (non-hydrogen) atoms. The summed E-state index contributed by atoms with van der Waals surface area (Å²) in [6, 6.07) is 4.55. The Labute approximate surface area is 190 Å². The number of nitrogens with zero attached hydrogens (tertiary/aromatic N) is 8. The second-order valence-electron chi connectivity index (χ2n) is 7.87. The number of hydrogen-bond acceptors (Lipinski definition) is 8. The summed E-state index contributed by atoms with van der Waals surface area (Å²) in [5, 5.41) is 13.9. The topological polar surface area (TPSA) is 134 Å². The molecule has 1 fully saturated rings. The fourth-order valence-corrected chi connectivity index (χ4v) is 4.20. The number of urea groups is 1. The first kappa shape index (κ1) is 20.8. The molecule has 0 spiro atoms. The van der Waals surface area contributed by atoms with Gasteiger partial charge >= 0.3 is 6.03 Å². The number of nitrogens with one attached hydrogen (secondary N) is 2. The van der Waals surface area contributed by atoms with Gasteiger partial charge in [0.1, 0.15) is 11.9 Å². The Morgan fingerprint density at radius 3 is 2.61 bits per heavy atom. The van der Waals surface area contributed by atoms with E-state index >= 15 is 0 Å². The number of fused-ring (bicyclic) bond motifs is 1. The summed E-state index contributed by atoms with van der Waals surface area (Å²) < 4.78 is 1.87. The molecule has 0 bridgehead atoms. The lowest BCUT2D eigenvalue weighted by atomic mass is 10.1. The number of anilines is 2. The predicted octanol–water partition coefficient (Wildman–Crippen LogP) is 0.621. The fourth-order valence-electron chi connectivity index (χ4n) is 4.20. The number of piperazine rings is 1. The highest BCUT2D eigenvalue weighted by Crippen LogP contribution is 2.28. The zero-order valence-electron chi connectivity index (χ0n) is 18.0. The summed E-state index contributed by atoms with van der Waals surface area (Å²) in [7, 11) is 0. The number of aryl methyl sites for hydroxylation is 1. The summed E-state index contributed by atoms with van der Waals surface area (Å²) in [5.74, 6) is 2.08. The monoisotopic (exact) mass is 448 g/mol. The molecule has 1 atom stereocenters. The molecule has 0 radical (unpaired) electrons. The molecule has 0 saturated carbocycles. The van der Waals surface area contributed by atoms with Crippen LogP contribution < -0.4 is 15.5 Å². The van der Waals surface area contributed by atoms with Crippen LogP contribution in [0.5, 0.6) is 0 Å². The highest BCUT2D eigenvalue weighted by molar-refractivity contribution is 5.88. The second kappa shape index (κ2) is 9.18. The molecule has 2 aliphatic heterocycles. The number of pyridine rings is 1. The van der Waals surface area contributed by atoms with Crippen LogP contribution in [0.15, 0.2) is 43.0 Å². The van der Waals surface area contributed by atoms with E-state index in [-0.39, 0.29) is 24.5 Å². The van der Waals surface area contributed by atoms with Gasteiger partial charge in [-0.05, 0) is 24.6 Å². The van der Waals surface area contributed by atoms with Crippen LogP contribution in [0.4, 0.5) is 16.4 Å². The van der Waals surface area contributed by atoms with Crippen molar-refractivity contribution in [2.45, 2.75) is 25.4 Å². The average molecular weight is 448 g/mol. The van der Waals surface area contributed by atoms with Crippen molar-refractivity contribution in [3.8, 4) is 0 Å². The van der Waals surface area contributed by atoms with Crippen molar-refractivity contribution < 1.29 is 9.59 Å². The minimum Gasteiger partial charge on any atom is -0.337 e. The molecule has 170 valence electrons. The van der Waals surface area contributed by atoms with E-state index in [1.165, 1.54) is 0 Å². The van der Waals surface area contributed by atoms with Crippen molar-refractivity contribution in [2.24, 2.45) is 0 Å². The van der Waals surface area contributed by atoms with Crippen LogP contribution in [0, 0.1) is 0 Å². The average Bonchev–Trinajstić information content (AvgIpc) is 3.46. The molecule has 3 amide bonds. The van der Waals surface area contributed by atoms with Crippen molar-refractivity contribution in [2.75, 3.05) is 36.4 Å². The quantitative estimate of drug-likeness (QED) is 0.580. The minimum atomic E-state index is -0.375. The van der Waals surface area contributed by atoms with Gasteiger partial charge in [0, 0.05) is 51.2 Å². The molecule has 12 heteroatoms. The molecule has 12 nitrogen and oxygen atoms in total. The van der Waals surface area contributed by atoms with E-state index in [9.17, 15) is 9.59 Å². The van der Waals surface area contributed by atoms with Crippen LogP contribution in [-0.4, -0.2) is 72.7 Å². The van der Waals surface area contributed by atoms with Gasteiger partial charge in [-0.1, -0.05) is 0 Å². The highest BCUT2D eigenvalue weighted by Gasteiger charge is 2.36. The first-order chi connectivity index (χ1) is 16.2. The van der Waals surface area contributed by atoms with Crippen LogP contribution in [0.2, 0.25) is 0 Å². The number of hydrogen-bond donors (Lipinski definition) is 2. The Balaban J connectivity index is 1.20. The highest BCUT2D eigenvalue weighted by atomic mass is 16.2. The molecule has 0 aromatic carbocycles. The largest absolute Gasteiger partial charge is 0.337 e. The van der Waals surface area contributed by atoms with E-state index < -0.39 is 0 Å². The molecule has 5 rings (SSSR count). The molecular weight excluding hydrogens is 424 g/mol. The number of carbonyl (C=O) groups excluding carboxylic acids is 2. The lowest BCUT2D eigenvalue weighted by Gasteiger charge is -2.36. The minimum absolute atomic E-state index is 0.0586. The van der Waals surface area contributed by atoms with Gasteiger partial charge in [0.15, 0.2) is 5.82 Å². The molecule has 1 saturated heterocycles. The van der Waals surface area contributed by atoms with Crippen LogP contribution in [0.25, 0.3) is 0 Å². The van der Waals surface area contributed by atoms with E-state index in [0.29, 0.717) is 56.5 Å². The van der Waals surface area contributed by atoms with Gasteiger partial charge in [-0.15, -0.1) is 10.2 Å². The van der Waals surface area contributed by atoms with Crippen LogP contribution in [-0.2, 0) is 17.8 Å². The molecule has 2 aliphatic rings. The first-order valence-corrected chi connectivity index (χ1v) is 10.9. The second-order valence-corrected chi connectivity index (χ2v) is 7.87. The summed E-state index contributed by atoms with van der Waals surface area (Å²) >= 11 is 0. The van der Waals surface area contributed by atoms with Gasteiger partial charge < -0.3 is 25.0 Å². The number of carbonyl (C=O) groups is 2. The summed E-state index contributed by atoms with van der Waals surface area (Å²) in [6.07, 6.45) is 8.00. The molecule has 1 unspecified atom stereocenters. The van der Waals surface area contributed by atoms with Crippen LogP contribution >= 0.6 is 0 Å². The van der Waals surface area contributed by atoms with E-state index in [2.05, 4.69) is 40.7 Å². The van der Waals surface area contributed by atoms with Crippen molar-refractivity contribution in [1.82, 2.24) is 39.9 Å². The Bertz CT molecular complexity index is 1110. The first-order valence-electron chi connectivity index (χ1n) is 10.9. The van der Waals surface area contributed by atoms with E-state index in [1.807, 2.05) is 9.47 Å². The predicted molar refractivity (Wildman–Crippen MR) is 118 cm³/mol. The maximum Gasteiger partial charge on any atom is 0.319 e. The van der Waals surface area contributed by atoms with Gasteiger partial charge in [0.05, 0.1) is 18.4 Å². The van der Waals surface area contributed by atoms with Crippen molar-refractivity contribution >= 4 is 23.6 Å². The van der Waals surface area contributed by atoms with Gasteiger partial charge in [-0.3, -0.25) is 9.78 Å². The van der Waals surface area contributed by atoms with Crippen molar-refractivity contribution in [3.05, 3.63) is 54.6 Å². The van der Waals surface area contributed by atoms with Crippen molar-refractivity contribution in [3.63, 3.8) is 0 Å². The Hall–Kier alpha value is -4.09. The zero-order valence-corrected chi connectivity index (χ0v) is 18.0. The molecule has 5 heterocycles. The van der Waals surface area contributed by atoms with E-state index in [4.69, 9.17) is 0 Å². The SMILES string of the molecule is O=C(NCc1nnc2n1C(C(=O)N1CCN(c3ncccn3)CC1)CC2)Nc1cccnc1. The Morgan fingerprint density at radius 2 is 1.85 bits per heavy atom. The summed E-state index contributed by atoms with van der Waals surface area (Å²) in [6.45, 7) is 2.74. The van der Waals surface area contributed by atoms with E-state index in [0.717, 1.165) is 5.82 Å². The number of rotatable bonds is 5. The Morgan fingerprint density at radius 1 is 1.03 bits per heavy atom. The lowest BCUT2D eigenvalue weighted by Crippen LogP contribution is -2.51. The third-order valence-corrected chi connectivity index (χ3v) is 5.83. The van der Waals surface area contributed by atoms with E-state index in [1.54, 1.807) is 43.0 Å². The summed E-state index contributed by atoms with van der Waals surface area (Å²) in [4.78, 5) is 42.1. The zero-order chi connectivity index (χ0) is 22.6.